The molecule has 0 radical (unpaired) electrons. The van der Waals surface area contributed by atoms with Crippen LogP contribution >= 0.6 is 11.6 Å². The molecule has 2 aromatic rings. The number of nitrogens with one attached hydrogen (secondary N) is 2. The van der Waals surface area contributed by atoms with E-state index in [1.54, 1.807) is 31.2 Å². The third kappa shape index (κ3) is 4.05. The largest absolute Gasteiger partial charge is 0.344 e. The van der Waals surface area contributed by atoms with Crippen molar-refractivity contribution in [2.24, 2.45) is 0 Å². The number of hydrogen-bond acceptors (Lipinski definition) is 2. The van der Waals surface area contributed by atoms with E-state index in [4.69, 9.17) is 11.6 Å². The lowest BCUT2D eigenvalue weighted by molar-refractivity contribution is -0.136. The SMILES string of the molecule is Cc1ccc(NC(=O)C(=O)NCc2ccccc2Cl)cc1F. The van der Waals surface area contributed by atoms with E-state index in [-0.39, 0.29) is 12.2 Å². The summed E-state index contributed by atoms with van der Waals surface area (Å²) in [6, 6.07) is 11.2. The van der Waals surface area contributed by atoms with E-state index < -0.39 is 17.6 Å². The van der Waals surface area contributed by atoms with E-state index in [9.17, 15) is 14.0 Å². The zero-order chi connectivity index (χ0) is 16.1. The van der Waals surface area contributed by atoms with E-state index in [1.165, 1.54) is 12.1 Å². The minimum atomic E-state index is -0.865. The number of carbonyl (C=O) groups is 2. The summed E-state index contributed by atoms with van der Waals surface area (Å²) in [7, 11) is 0. The third-order valence-corrected chi connectivity index (χ3v) is 3.40. The number of aryl methyl sites for hydroxylation is 1. The Kier molecular flexibility index (Phi) is 5.12. The summed E-state index contributed by atoms with van der Waals surface area (Å²) in [5, 5.41) is 5.30. The minimum absolute atomic E-state index is 0.133. The number of rotatable bonds is 3. The molecule has 114 valence electrons. The highest BCUT2D eigenvalue weighted by Crippen LogP contribution is 2.15. The summed E-state index contributed by atoms with van der Waals surface area (Å²) in [5.74, 6) is -2.13. The van der Waals surface area contributed by atoms with E-state index in [2.05, 4.69) is 10.6 Å². The molecule has 0 saturated heterocycles. The van der Waals surface area contributed by atoms with Gasteiger partial charge in [-0.05, 0) is 36.2 Å². The van der Waals surface area contributed by atoms with Crippen molar-refractivity contribution >= 4 is 29.1 Å². The molecule has 0 heterocycles. The number of carbonyl (C=O) groups excluding carboxylic acids is 2. The summed E-state index contributed by atoms with van der Waals surface area (Å²) in [4.78, 5) is 23.5. The Morgan fingerprint density at radius 3 is 2.55 bits per heavy atom. The van der Waals surface area contributed by atoms with Crippen LogP contribution in [-0.4, -0.2) is 11.8 Å². The molecule has 0 fully saturated rings. The Labute approximate surface area is 132 Å². The molecule has 2 aromatic carbocycles. The highest BCUT2D eigenvalue weighted by Gasteiger charge is 2.14. The van der Waals surface area contributed by atoms with Gasteiger partial charge in [0.05, 0.1) is 0 Å². The molecule has 0 saturated carbocycles. The van der Waals surface area contributed by atoms with Gasteiger partial charge in [-0.3, -0.25) is 9.59 Å². The maximum Gasteiger partial charge on any atom is 0.313 e. The molecule has 0 aromatic heterocycles. The fourth-order valence-corrected chi connectivity index (χ4v) is 1.96. The number of amides is 2. The first kappa shape index (κ1) is 16.0. The van der Waals surface area contributed by atoms with E-state index >= 15 is 0 Å². The van der Waals surface area contributed by atoms with Gasteiger partial charge in [-0.25, -0.2) is 4.39 Å². The minimum Gasteiger partial charge on any atom is -0.344 e. The highest BCUT2D eigenvalue weighted by atomic mass is 35.5. The lowest BCUT2D eigenvalue weighted by Gasteiger charge is -2.08. The molecule has 0 unspecified atom stereocenters. The van der Waals surface area contributed by atoms with Crippen molar-refractivity contribution in [1.29, 1.82) is 0 Å². The van der Waals surface area contributed by atoms with E-state index in [1.807, 2.05) is 0 Å². The van der Waals surface area contributed by atoms with Crippen molar-refractivity contribution in [2.75, 3.05) is 5.32 Å². The Morgan fingerprint density at radius 1 is 1.14 bits per heavy atom. The van der Waals surface area contributed by atoms with Crippen molar-refractivity contribution in [2.45, 2.75) is 13.5 Å². The third-order valence-electron chi connectivity index (χ3n) is 3.03. The molecule has 0 atom stereocenters. The lowest BCUT2D eigenvalue weighted by Crippen LogP contribution is -2.35. The zero-order valence-electron chi connectivity index (χ0n) is 11.8. The zero-order valence-corrected chi connectivity index (χ0v) is 12.6. The van der Waals surface area contributed by atoms with Gasteiger partial charge in [0.1, 0.15) is 5.82 Å². The average molecular weight is 321 g/mol. The number of hydrogen-bond donors (Lipinski definition) is 2. The Bertz CT molecular complexity index is 719. The normalized spacial score (nSPS) is 10.1. The van der Waals surface area contributed by atoms with Crippen LogP contribution in [0.5, 0.6) is 0 Å². The van der Waals surface area contributed by atoms with Gasteiger partial charge in [0.15, 0.2) is 0 Å². The molecular formula is C16H14ClFN2O2. The molecular weight excluding hydrogens is 307 g/mol. The second-order valence-corrected chi connectivity index (χ2v) is 5.10. The van der Waals surface area contributed by atoms with Crippen LogP contribution in [0.3, 0.4) is 0 Å². The molecule has 4 nitrogen and oxygen atoms in total. The lowest BCUT2D eigenvalue weighted by atomic mass is 10.2. The van der Waals surface area contributed by atoms with Gasteiger partial charge in [-0.2, -0.15) is 0 Å². The highest BCUT2D eigenvalue weighted by molar-refractivity contribution is 6.39. The Morgan fingerprint density at radius 2 is 1.86 bits per heavy atom. The monoisotopic (exact) mass is 320 g/mol. The van der Waals surface area contributed by atoms with Crippen LogP contribution in [0.15, 0.2) is 42.5 Å². The van der Waals surface area contributed by atoms with Crippen molar-refractivity contribution in [3.8, 4) is 0 Å². The van der Waals surface area contributed by atoms with Crippen LogP contribution in [0.2, 0.25) is 5.02 Å². The van der Waals surface area contributed by atoms with Gasteiger partial charge >= 0.3 is 11.8 Å². The Balaban J connectivity index is 1.93. The second-order valence-electron chi connectivity index (χ2n) is 4.69. The predicted molar refractivity (Wildman–Crippen MR) is 83.1 cm³/mol. The first-order valence-electron chi connectivity index (χ1n) is 6.56. The van der Waals surface area contributed by atoms with Crippen LogP contribution < -0.4 is 10.6 Å². The van der Waals surface area contributed by atoms with Gasteiger partial charge in [-0.1, -0.05) is 35.9 Å². The van der Waals surface area contributed by atoms with Crippen LogP contribution in [-0.2, 0) is 16.1 Å². The number of benzene rings is 2. The van der Waals surface area contributed by atoms with Gasteiger partial charge in [0.25, 0.3) is 0 Å². The van der Waals surface area contributed by atoms with Gasteiger partial charge < -0.3 is 10.6 Å². The topological polar surface area (TPSA) is 58.2 Å². The van der Waals surface area contributed by atoms with Crippen molar-refractivity contribution in [3.05, 3.63) is 64.4 Å². The summed E-state index contributed by atoms with van der Waals surface area (Å²) < 4.78 is 13.4. The maximum absolute atomic E-state index is 13.4. The standard InChI is InChI=1S/C16H14ClFN2O2/c1-10-6-7-12(8-14(10)18)20-16(22)15(21)19-9-11-4-2-3-5-13(11)17/h2-8H,9H2,1H3,(H,19,21)(H,20,22). The van der Waals surface area contributed by atoms with Crippen LogP contribution in [0.1, 0.15) is 11.1 Å². The van der Waals surface area contributed by atoms with E-state index in [0.717, 1.165) is 6.07 Å². The Hall–Kier alpha value is -2.40. The molecule has 0 aliphatic heterocycles. The van der Waals surface area contributed by atoms with Crippen LogP contribution in [0.25, 0.3) is 0 Å². The van der Waals surface area contributed by atoms with Gasteiger partial charge in [-0.15, -0.1) is 0 Å². The first-order valence-corrected chi connectivity index (χ1v) is 6.94. The first-order chi connectivity index (χ1) is 10.5. The van der Waals surface area contributed by atoms with Gasteiger partial charge in [0.2, 0.25) is 0 Å². The molecule has 2 N–H and O–H groups in total. The quantitative estimate of drug-likeness (QED) is 0.854. The van der Waals surface area contributed by atoms with E-state index in [0.29, 0.717) is 16.1 Å². The number of halogens is 2. The average Bonchev–Trinajstić information content (AvgIpc) is 2.50. The molecule has 2 amide bonds. The molecule has 0 aliphatic carbocycles. The summed E-state index contributed by atoms with van der Waals surface area (Å²) in [6.45, 7) is 1.74. The van der Waals surface area contributed by atoms with Crippen molar-refractivity contribution in [3.63, 3.8) is 0 Å². The fourth-order valence-electron chi connectivity index (χ4n) is 1.76. The number of anilines is 1. The van der Waals surface area contributed by atoms with Gasteiger partial charge in [0, 0.05) is 17.3 Å². The van der Waals surface area contributed by atoms with Crippen LogP contribution in [0.4, 0.5) is 10.1 Å². The second kappa shape index (κ2) is 7.04. The molecule has 22 heavy (non-hydrogen) atoms. The summed E-state index contributed by atoms with van der Waals surface area (Å²) in [5.41, 5.74) is 1.38. The smallest absolute Gasteiger partial charge is 0.313 e. The maximum atomic E-state index is 13.4. The van der Waals surface area contributed by atoms with Crippen molar-refractivity contribution < 1.29 is 14.0 Å². The summed E-state index contributed by atoms with van der Waals surface area (Å²) >= 11 is 5.96. The molecule has 0 spiro atoms. The molecule has 0 aliphatic rings. The predicted octanol–water partition coefficient (Wildman–Crippen LogP) is 3.04. The molecule has 0 bridgehead atoms. The van der Waals surface area contributed by atoms with Crippen LogP contribution in [0, 0.1) is 12.7 Å². The molecule has 6 heteroatoms. The molecule has 2 rings (SSSR count). The summed E-state index contributed by atoms with van der Waals surface area (Å²) in [6.07, 6.45) is 0. The van der Waals surface area contributed by atoms with Crippen molar-refractivity contribution in [1.82, 2.24) is 5.32 Å². The fraction of sp³-hybridized carbons (Fsp3) is 0.125.